The Hall–Kier alpha value is -0.870. The third-order valence-electron chi connectivity index (χ3n) is 3.87. The molecule has 0 spiro atoms. The van der Waals surface area contributed by atoms with E-state index >= 15 is 0 Å². The summed E-state index contributed by atoms with van der Waals surface area (Å²) in [6.07, 6.45) is -2.99. The molecular weight excluding hydrogens is 392 g/mol. The molecule has 7 nitrogen and oxygen atoms in total. The number of hydrogen-bond acceptors (Lipinski definition) is 6. The number of halogens is 2. The highest BCUT2D eigenvalue weighted by atomic mass is 79.9. The van der Waals surface area contributed by atoms with Crippen molar-refractivity contribution in [1.82, 2.24) is 4.98 Å². The van der Waals surface area contributed by atoms with Gasteiger partial charge in [0.1, 0.15) is 24.1 Å². The lowest BCUT2D eigenvalue weighted by molar-refractivity contribution is -0.239. The van der Waals surface area contributed by atoms with Crippen molar-refractivity contribution in [2.45, 2.75) is 30.6 Å². The third-order valence-corrected chi connectivity index (χ3v) is 5.15. The summed E-state index contributed by atoms with van der Waals surface area (Å²) in [5.74, 6) is 0.395. The number of benzene rings is 1. The molecule has 0 saturated carbocycles. The number of aromatic amines is 1. The van der Waals surface area contributed by atoms with Gasteiger partial charge in [-0.1, -0.05) is 11.6 Å². The van der Waals surface area contributed by atoms with Crippen molar-refractivity contribution in [3.05, 3.63) is 27.8 Å². The number of fused-ring (bicyclic) bond motifs is 1. The van der Waals surface area contributed by atoms with Gasteiger partial charge in [-0.25, -0.2) is 0 Å². The van der Waals surface area contributed by atoms with Crippen LogP contribution in [-0.2, 0) is 4.74 Å². The minimum atomic E-state index is -1.28. The molecule has 0 amide bonds. The fourth-order valence-electron chi connectivity index (χ4n) is 2.55. The molecule has 126 valence electrons. The summed E-state index contributed by atoms with van der Waals surface area (Å²) in [6.45, 7) is -0.467. The molecule has 1 aromatic heterocycles. The molecule has 2 heterocycles. The Kier molecular flexibility index (Phi) is 4.84. The van der Waals surface area contributed by atoms with E-state index in [9.17, 15) is 15.3 Å². The molecule has 1 aliphatic rings. The second kappa shape index (κ2) is 6.56. The number of rotatable bonds is 3. The first-order valence-electron chi connectivity index (χ1n) is 6.93. The molecule has 0 bridgehead atoms. The van der Waals surface area contributed by atoms with E-state index in [1.807, 2.05) is 6.07 Å². The molecule has 1 aromatic carbocycles. The maximum absolute atomic E-state index is 9.97. The largest absolute Gasteiger partial charge is 0.461 e. The van der Waals surface area contributed by atoms with Gasteiger partial charge in [0.15, 0.2) is 0 Å². The highest BCUT2D eigenvalue weighted by Gasteiger charge is 2.43. The molecule has 1 saturated heterocycles. The van der Waals surface area contributed by atoms with Crippen LogP contribution in [0, 0.1) is 0 Å². The van der Waals surface area contributed by atoms with Gasteiger partial charge in [-0.15, -0.1) is 0 Å². The van der Waals surface area contributed by atoms with Crippen LogP contribution in [0.25, 0.3) is 10.9 Å². The van der Waals surface area contributed by atoms with Crippen LogP contribution in [0.1, 0.15) is 0 Å². The van der Waals surface area contributed by atoms with E-state index in [-0.39, 0.29) is 0 Å². The van der Waals surface area contributed by atoms with Crippen LogP contribution in [0.5, 0.6) is 5.75 Å². The Labute approximate surface area is 145 Å². The van der Waals surface area contributed by atoms with E-state index < -0.39 is 37.3 Å². The van der Waals surface area contributed by atoms with E-state index in [2.05, 4.69) is 20.9 Å². The van der Waals surface area contributed by atoms with Crippen LogP contribution < -0.4 is 10.5 Å². The van der Waals surface area contributed by atoms with Crippen molar-refractivity contribution < 1.29 is 24.8 Å². The fourth-order valence-corrected chi connectivity index (χ4v) is 3.14. The Morgan fingerprint density at radius 3 is 2.78 bits per heavy atom. The topological polar surface area (TPSA) is 121 Å². The number of aromatic nitrogens is 1. The Morgan fingerprint density at radius 2 is 2.09 bits per heavy atom. The van der Waals surface area contributed by atoms with Crippen LogP contribution in [0.15, 0.2) is 22.8 Å². The lowest BCUT2D eigenvalue weighted by atomic mass is 9.98. The lowest BCUT2D eigenvalue weighted by Crippen LogP contribution is -2.63. The molecule has 0 aliphatic carbocycles. The summed E-state index contributed by atoms with van der Waals surface area (Å²) in [6, 6.07) is 2.65. The highest BCUT2D eigenvalue weighted by molar-refractivity contribution is 9.10. The van der Waals surface area contributed by atoms with Crippen LogP contribution >= 0.6 is 27.5 Å². The van der Waals surface area contributed by atoms with Gasteiger partial charge in [0, 0.05) is 10.7 Å². The van der Waals surface area contributed by atoms with Crippen molar-refractivity contribution in [1.29, 1.82) is 0 Å². The average Bonchev–Trinajstić information content (AvgIpc) is 2.95. The molecular formula is C14H16BrClN2O5. The Balaban J connectivity index is 1.91. The maximum atomic E-state index is 9.97. The number of H-pyrrole nitrogens is 1. The maximum Gasteiger partial charge on any atom is 0.218 e. The predicted octanol–water partition coefficient (Wildman–Crippen LogP) is 0.729. The zero-order valence-electron chi connectivity index (χ0n) is 11.8. The zero-order valence-corrected chi connectivity index (χ0v) is 14.2. The van der Waals surface area contributed by atoms with Crippen LogP contribution in [0.4, 0.5) is 0 Å². The number of ether oxygens (including phenoxy) is 2. The molecule has 5 atom stereocenters. The van der Waals surface area contributed by atoms with E-state index in [1.165, 1.54) is 0 Å². The van der Waals surface area contributed by atoms with Crippen LogP contribution in [-0.4, -0.2) is 57.6 Å². The minimum Gasteiger partial charge on any atom is -0.461 e. The fraction of sp³-hybridized carbons (Fsp3) is 0.429. The van der Waals surface area contributed by atoms with Gasteiger partial charge in [-0.05, 0) is 28.1 Å². The number of nitrogens with two attached hydrogens (primary N) is 1. The van der Waals surface area contributed by atoms with Crippen LogP contribution in [0.2, 0.25) is 5.02 Å². The smallest absolute Gasteiger partial charge is 0.218 e. The summed E-state index contributed by atoms with van der Waals surface area (Å²) in [5, 5.41) is 30.1. The quantitative estimate of drug-likeness (QED) is 0.511. The molecule has 1 aliphatic heterocycles. The minimum absolute atomic E-state index is 0.395. The van der Waals surface area contributed by atoms with Gasteiger partial charge in [-0.2, -0.15) is 0 Å². The molecule has 1 fully saturated rings. The SMILES string of the molecule is N[C@H]1[C@H](Oc2c[nH]c3ccc(Br)c(Cl)c23)O[C@H](CO)[C@H](O)[C@@H]1O. The highest BCUT2D eigenvalue weighted by Crippen LogP contribution is 2.38. The van der Waals surface area contributed by atoms with Crippen molar-refractivity contribution in [3.8, 4) is 5.75 Å². The number of nitrogens with one attached hydrogen (secondary N) is 1. The summed E-state index contributed by atoms with van der Waals surface area (Å²) in [4.78, 5) is 3.02. The van der Waals surface area contributed by atoms with Gasteiger partial charge in [0.05, 0.1) is 28.6 Å². The van der Waals surface area contributed by atoms with E-state index in [1.54, 1.807) is 12.3 Å². The molecule has 9 heteroatoms. The predicted molar refractivity (Wildman–Crippen MR) is 87.4 cm³/mol. The van der Waals surface area contributed by atoms with Crippen molar-refractivity contribution in [2.75, 3.05) is 6.61 Å². The molecule has 2 aromatic rings. The van der Waals surface area contributed by atoms with E-state index in [0.29, 0.717) is 20.6 Å². The Morgan fingerprint density at radius 1 is 1.35 bits per heavy atom. The summed E-state index contributed by atoms with van der Waals surface area (Å²) in [7, 11) is 0. The van der Waals surface area contributed by atoms with Gasteiger partial charge < -0.3 is 35.5 Å². The number of aliphatic hydroxyl groups is 3. The van der Waals surface area contributed by atoms with Gasteiger partial charge in [0.25, 0.3) is 0 Å². The first-order chi connectivity index (χ1) is 10.9. The normalized spacial score (nSPS) is 31.5. The Bertz CT molecular complexity index is 710. The standard InChI is InChI=1S/C14H16BrClN2O5/c15-5-1-2-6-9(10(5)16)7(3-18-6)22-14-11(17)13(21)12(20)8(4-19)23-14/h1-3,8,11-14,18-21H,4,17H2/t8-,11-,12+,13-,14-/m1/s1. The summed E-state index contributed by atoms with van der Waals surface area (Å²) < 4.78 is 11.9. The number of aliphatic hydroxyl groups excluding tert-OH is 3. The molecule has 23 heavy (non-hydrogen) atoms. The van der Waals surface area contributed by atoms with Gasteiger partial charge in [0.2, 0.25) is 6.29 Å². The van der Waals surface area contributed by atoms with Crippen molar-refractivity contribution >= 4 is 38.4 Å². The first kappa shape index (κ1) is 17.0. The van der Waals surface area contributed by atoms with E-state index in [4.69, 9.17) is 26.8 Å². The first-order valence-corrected chi connectivity index (χ1v) is 8.11. The molecule has 0 unspecified atom stereocenters. The third kappa shape index (κ3) is 2.96. The van der Waals surface area contributed by atoms with Crippen molar-refractivity contribution in [2.24, 2.45) is 5.73 Å². The summed E-state index contributed by atoms with van der Waals surface area (Å²) in [5.41, 5.74) is 6.63. The monoisotopic (exact) mass is 406 g/mol. The molecule has 3 rings (SSSR count). The van der Waals surface area contributed by atoms with Crippen molar-refractivity contribution in [3.63, 3.8) is 0 Å². The van der Waals surface area contributed by atoms with E-state index in [0.717, 1.165) is 5.52 Å². The summed E-state index contributed by atoms with van der Waals surface area (Å²) >= 11 is 9.63. The lowest BCUT2D eigenvalue weighted by Gasteiger charge is -2.40. The average molecular weight is 408 g/mol. The molecule has 6 N–H and O–H groups in total. The van der Waals surface area contributed by atoms with Gasteiger partial charge >= 0.3 is 0 Å². The second-order valence-corrected chi connectivity index (χ2v) is 6.57. The van der Waals surface area contributed by atoms with Crippen LogP contribution in [0.3, 0.4) is 0 Å². The number of hydrogen-bond donors (Lipinski definition) is 5. The molecule has 0 radical (unpaired) electrons. The second-order valence-electron chi connectivity index (χ2n) is 5.34. The van der Waals surface area contributed by atoms with Gasteiger partial charge in [-0.3, -0.25) is 0 Å². The zero-order chi connectivity index (χ0) is 16.7.